The van der Waals surface area contributed by atoms with Crippen LogP contribution in [0.2, 0.25) is 5.02 Å². The van der Waals surface area contributed by atoms with Gasteiger partial charge < -0.3 is 10.1 Å². The number of benzene rings is 2. The fourth-order valence-corrected chi connectivity index (χ4v) is 3.70. The molecule has 1 aliphatic rings. The number of carbonyl (C=O) groups excluding carboxylic acids is 1. The summed E-state index contributed by atoms with van der Waals surface area (Å²) in [5, 5.41) is 3.57. The molecule has 0 bridgehead atoms. The van der Waals surface area contributed by atoms with Gasteiger partial charge >= 0.3 is 0 Å². The van der Waals surface area contributed by atoms with Crippen LogP contribution in [-0.2, 0) is 12.8 Å². The maximum Gasteiger partial charge on any atom is 0.251 e. The second-order valence-corrected chi connectivity index (χ2v) is 6.93. The first-order chi connectivity index (χ1) is 12.1. The minimum Gasteiger partial charge on any atom is -0.495 e. The normalized spacial score (nSPS) is 14.5. The van der Waals surface area contributed by atoms with Gasteiger partial charge in [0.05, 0.1) is 18.2 Å². The molecule has 25 heavy (non-hydrogen) atoms. The number of ether oxygens (including phenoxy) is 1. The van der Waals surface area contributed by atoms with Crippen LogP contribution < -0.4 is 10.1 Å². The predicted molar refractivity (Wildman–Crippen MR) is 102 cm³/mol. The molecule has 1 N–H and O–H groups in total. The molecule has 1 amide bonds. The van der Waals surface area contributed by atoms with E-state index in [1.54, 1.807) is 25.3 Å². The third-order valence-corrected chi connectivity index (χ3v) is 5.20. The highest BCUT2D eigenvalue weighted by atomic mass is 35.5. The van der Waals surface area contributed by atoms with Gasteiger partial charge in [0.25, 0.3) is 5.91 Å². The lowest BCUT2D eigenvalue weighted by Crippen LogP contribution is -2.28. The zero-order valence-electron chi connectivity index (χ0n) is 14.8. The van der Waals surface area contributed by atoms with Crippen LogP contribution in [0, 0.1) is 0 Å². The van der Waals surface area contributed by atoms with Gasteiger partial charge in [0, 0.05) is 5.56 Å². The van der Waals surface area contributed by atoms with Crippen molar-refractivity contribution >= 4 is 17.5 Å². The van der Waals surface area contributed by atoms with E-state index in [-0.39, 0.29) is 11.9 Å². The number of rotatable bonds is 5. The van der Waals surface area contributed by atoms with Crippen LogP contribution in [0.5, 0.6) is 5.75 Å². The van der Waals surface area contributed by atoms with E-state index in [9.17, 15) is 4.79 Å². The van der Waals surface area contributed by atoms with Crippen LogP contribution in [0.25, 0.3) is 0 Å². The Balaban J connectivity index is 1.77. The SMILES string of the molecule is CC[C@H](NC(=O)c1ccc(OC)c(Cl)c1)c1ccc2c(c1)CCCC2. The number of methoxy groups -OCH3 is 1. The summed E-state index contributed by atoms with van der Waals surface area (Å²) in [5.74, 6) is 0.453. The fraction of sp³-hybridized carbons (Fsp3) is 0.381. The largest absolute Gasteiger partial charge is 0.495 e. The summed E-state index contributed by atoms with van der Waals surface area (Å²) in [6.07, 6.45) is 5.68. The summed E-state index contributed by atoms with van der Waals surface area (Å²) in [6, 6.07) is 11.7. The van der Waals surface area contributed by atoms with Gasteiger partial charge in [-0.15, -0.1) is 0 Å². The van der Waals surface area contributed by atoms with Crippen molar-refractivity contribution in [1.82, 2.24) is 5.32 Å². The molecule has 0 saturated heterocycles. The van der Waals surface area contributed by atoms with Gasteiger partial charge in [-0.3, -0.25) is 4.79 Å². The molecule has 3 nitrogen and oxygen atoms in total. The first-order valence-electron chi connectivity index (χ1n) is 8.88. The number of aryl methyl sites for hydroxylation is 2. The highest BCUT2D eigenvalue weighted by Gasteiger charge is 2.17. The lowest BCUT2D eigenvalue weighted by atomic mass is 9.88. The number of nitrogens with one attached hydrogen (secondary N) is 1. The Morgan fingerprint density at radius 1 is 1.16 bits per heavy atom. The second kappa shape index (κ2) is 7.92. The van der Waals surface area contributed by atoms with E-state index in [0.29, 0.717) is 16.3 Å². The summed E-state index contributed by atoms with van der Waals surface area (Å²) < 4.78 is 5.14. The van der Waals surface area contributed by atoms with E-state index in [4.69, 9.17) is 16.3 Å². The van der Waals surface area contributed by atoms with E-state index < -0.39 is 0 Å². The third-order valence-electron chi connectivity index (χ3n) is 4.90. The summed E-state index contributed by atoms with van der Waals surface area (Å²) in [7, 11) is 1.56. The smallest absolute Gasteiger partial charge is 0.251 e. The minimum atomic E-state index is -0.117. The Hall–Kier alpha value is -2.00. The number of carbonyl (C=O) groups is 1. The molecular formula is C21H24ClNO2. The zero-order chi connectivity index (χ0) is 17.8. The molecule has 0 unspecified atom stereocenters. The van der Waals surface area contributed by atoms with Crippen LogP contribution >= 0.6 is 11.6 Å². The molecule has 2 aromatic carbocycles. The number of fused-ring (bicyclic) bond motifs is 1. The molecule has 4 heteroatoms. The molecule has 0 fully saturated rings. The van der Waals surface area contributed by atoms with Gasteiger partial charge in [0.1, 0.15) is 5.75 Å². The van der Waals surface area contributed by atoms with Gasteiger partial charge in [-0.25, -0.2) is 0 Å². The van der Waals surface area contributed by atoms with Crippen molar-refractivity contribution in [3.8, 4) is 5.75 Å². The van der Waals surface area contributed by atoms with Gasteiger partial charge in [0.2, 0.25) is 0 Å². The van der Waals surface area contributed by atoms with E-state index >= 15 is 0 Å². The van der Waals surface area contributed by atoms with Crippen LogP contribution in [-0.4, -0.2) is 13.0 Å². The molecule has 0 radical (unpaired) electrons. The second-order valence-electron chi connectivity index (χ2n) is 6.52. The maximum atomic E-state index is 12.6. The van der Waals surface area contributed by atoms with Crippen LogP contribution in [0.3, 0.4) is 0 Å². The number of hydrogen-bond donors (Lipinski definition) is 1. The number of hydrogen-bond acceptors (Lipinski definition) is 2. The highest BCUT2D eigenvalue weighted by molar-refractivity contribution is 6.32. The lowest BCUT2D eigenvalue weighted by molar-refractivity contribution is 0.0935. The molecular weight excluding hydrogens is 334 g/mol. The molecule has 1 atom stereocenters. The highest BCUT2D eigenvalue weighted by Crippen LogP contribution is 2.27. The van der Waals surface area contributed by atoms with Crippen LogP contribution in [0.15, 0.2) is 36.4 Å². The molecule has 0 heterocycles. The van der Waals surface area contributed by atoms with Crippen molar-refractivity contribution in [1.29, 1.82) is 0 Å². The molecule has 132 valence electrons. The summed E-state index contributed by atoms with van der Waals surface area (Å²) >= 11 is 6.14. The molecule has 3 rings (SSSR count). The Bertz CT molecular complexity index is 772. The first kappa shape index (κ1) is 17.8. The van der Waals surface area contributed by atoms with E-state index in [2.05, 4.69) is 30.4 Å². The predicted octanol–water partition coefficient (Wildman–Crippen LogP) is 5.11. The molecule has 0 spiro atoms. The average molecular weight is 358 g/mol. The van der Waals surface area contributed by atoms with Crippen molar-refractivity contribution in [2.75, 3.05) is 7.11 Å². The molecule has 0 aromatic heterocycles. The van der Waals surface area contributed by atoms with Gasteiger partial charge in [-0.2, -0.15) is 0 Å². The van der Waals surface area contributed by atoms with Crippen molar-refractivity contribution in [3.05, 3.63) is 63.7 Å². The van der Waals surface area contributed by atoms with E-state index in [0.717, 1.165) is 12.8 Å². The average Bonchev–Trinajstić information content (AvgIpc) is 2.65. The fourth-order valence-electron chi connectivity index (χ4n) is 3.44. The number of halogens is 1. The van der Waals surface area contributed by atoms with E-state index in [1.165, 1.54) is 36.0 Å². The monoisotopic (exact) mass is 357 g/mol. The zero-order valence-corrected chi connectivity index (χ0v) is 15.5. The van der Waals surface area contributed by atoms with Gasteiger partial charge in [0.15, 0.2) is 0 Å². The molecule has 1 aliphatic carbocycles. The minimum absolute atomic E-state index is 0.000559. The Kier molecular flexibility index (Phi) is 5.64. The van der Waals surface area contributed by atoms with Gasteiger partial charge in [-0.05, 0) is 67.0 Å². The Labute approximate surface area is 154 Å². The molecule has 0 aliphatic heterocycles. The molecule has 0 saturated carbocycles. The van der Waals surface area contributed by atoms with E-state index in [1.807, 2.05) is 0 Å². The lowest BCUT2D eigenvalue weighted by Gasteiger charge is -2.22. The quantitative estimate of drug-likeness (QED) is 0.807. The summed E-state index contributed by atoms with van der Waals surface area (Å²) in [6.45, 7) is 2.09. The van der Waals surface area contributed by atoms with Crippen molar-refractivity contribution in [3.63, 3.8) is 0 Å². The van der Waals surface area contributed by atoms with Crippen LogP contribution in [0.4, 0.5) is 0 Å². The van der Waals surface area contributed by atoms with Crippen molar-refractivity contribution in [2.24, 2.45) is 0 Å². The first-order valence-corrected chi connectivity index (χ1v) is 9.26. The van der Waals surface area contributed by atoms with Crippen LogP contribution in [0.1, 0.15) is 59.3 Å². The number of amides is 1. The topological polar surface area (TPSA) is 38.3 Å². The maximum absolute atomic E-state index is 12.6. The third kappa shape index (κ3) is 3.98. The van der Waals surface area contributed by atoms with Crippen molar-refractivity contribution in [2.45, 2.75) is 45.1 Å². The molecule has 2 aromatic rings. The summed E-state index contributed by atoms with van der Waals surface area (Å²) in [4.78, 5) is 12.6. The summed E-state index contributed by atoms with van der Waals surface area (Å²) in [5.41, 5.74) is 4.61. The Morgan fingerprint density at radius 3 is 2.60 bits per heavy atom. The Morgan fingerprint density at radius 2 is 1.92 bits per heavy atom. The van der Waals surface area contributed by atoms with Crippen molar-refractivity contribution < 1.29 is 9.53 Å². The standard InChI is InChI=1S/C21H24ClNO2/c1-3-19(16-9-8-14-6-4-5-7-15(14)12-16)23-21(24)17-10-11-20(25-2)18(22)13-17/h8-13,19H,3-7H2,1-2H3,(H,23,24)/t19-/m0/s1. The van der Waals surface area contributed by atoms with Gasteiger partial charge in [-0.1, -0.05) is 36.7 Å².